The lowest BCUT2D eigenvalue weighted by Gasteiger charge is -2.11. The van der Waals surface area contributed by atoms with Gasteiger partial charge in [0.1, 0.15) is 5.82 Å². The molecule has 3 nitrogen and oxygen atoms in total. The molecule has 1 aromatic heterocycles. The van der Waals surface area contributed by atoms with Crippen molar-refractivity contribution < 1.29 is 9.13 Å². The second-order valence-corrected chi connectivity index (χ2v) is 5.63. The van der Waals surface area contributed by atoms with Gasteiger partial charge in [-0.3, -0.25) is 0 Å². The Morgan fingerprint density at radius 2 is 2.28 bits per heavy atom. The molecular weight excluding hydrogens is 319 g/mol. The molecule has 18 heavy (non-hydrogen) atoms. The summed E-state index contributed by atoms with van der Waals surface area (Å²) >= 11 is 8.44. The van der Waals surface area contributed by atoms with Crippen LogP contribution in [0.15, 0.2) is 16.6 Å². The summed E-state index contributed by atoms with van der Waals surface area (Å²) in [6.07, 6.45) is 0. The average molecular weight is 333 g/mol. The van der Waals surface area contributed by atoms with Gasteiger partial charge >= 0.3 is 0 Å². The van der Waals surface area contributed by atoms with E-state index in [9.17, 15) is 4.39 Å². The van der Waals surface area contributed by atoms with E-state index in [1.54, 1.807) is 13.2 Å². The molecule has 0 saturated carbocycles. The minimum absolute atomic E-state index is 0.287. The van der Waals surface area contributed by atoms with Gasteiger partial charge in [0, 0.05) is 19.7 Å². The molecule has 0 aliphatic heterocycles. The summed E-state index contributed by atoms with van der Waals surface area (Å²) in [6.45, 7) is 3.42. The Balaban J connectivity index is 2.47. The van der Waals surface area contributed by atoms with Crippen molar-refractivity contribution in [2.45, 2.75) is 13.5 Å². The van der Waals surface area contributed by atoms with Crippen molar-refractivity contribution in [3.8, 4) is 0 Å². The summed E-state index contributed by atoms with van der Waals surface area (Å²) in [6, 6.07) is 3.20. The molecule has 0 aliphatic carbocycles. The molecule has 6 heteroatoms. The third kappa shape index (κ3) is 2.65. The number of rotatable bonds is 4. The number of fused-ring (bicyclic) bond motifs is 1. The highest BCUT2D eigenvalue weighted by atomic mass is 79.9. The Labute approximate surface area is 118 Å². The van der Waals surface area contributed by atoms with Crippen LogP contribution in [0.2, 0.25) is 0 Å². The van der Waals surface area contributed by atoms with Crippen molar-refractivity contribution in [2.75, 3.05) is 13.7 Å². The number of aromatic amines is 1. The van der Waals surface area contributed by atoms with Gasteiger partial charge in [-0.25, -0.2) is 4.39 Å². The summed E-state index contributed by atoms with van der Waals surface area (Å²) in [5, 5.41) is 0. The molecule has 2 rings (SSSR count). The van der Waals surface area contributed by atoms with E-state index in [2.05, 4.69) is 27.8 Å². The van der Waals surface area contributed by atoms with Crippen LogP contribution in [0, 0.1) is 16.5 Å². The lowest BCUT2D eigenvalue weighted by molar-refractivity contribution is 0.152. The van der Waals surface area contributed by atoms with Crippen LogP contribution in [0.5, 0.6) is 0 Å². The van der Waals surface area contributed by atoms with E-state index >= 15 is 0 Å². The number of halogens is 2. The first-order valence-corrected chi connectivity index (χ1v) is 6.79. The van der Waals surface area contributed by atoms with E-state index in [1.165, 1.54) is 6.07 Å². The SMILES string of the molecule is COCC(C)Cn1c(=S)[nH]c2cc(Br)c(F)cc21. The number of nitrogens with one attached hydrogen (secondary N) is 1. The van der Waals surface area contributed by atoms with Gasteiger partial charge in [-0.2, -0.15) is 0 Å². The van der Waals surface area contributed by atoms with E-state index in [0.29, 0.717) is 28.3 Å². The number of nitrogens with zero attached hydrogens (tertiary/aromatic N) is 1. The Kier molecular flexibility index (Phi) is 4.19. The van der Waals surface area contributed by atoms with Gasteiger partial charge in [0.05, 0.1) is 22.1 Å². The predicted molar refractivity (Wildman–Crippen MR) is 75.8 cm³/mol. The first-order chi connectivity index (χ1) is 8.52. The molecule has 1 atom stereocenters. The fourth-order valence-electron chi connectivity index (χ4n) is 1.98. The fourth-order valence-corrected chi connectivity index (χ4v) is 2.61. The van der Waals surface area contributed by atoms with E-state index in [1.807, 2.05) is 4.57 Å². The topological polar surface area (TPSA) is 29.9 Å². The van der Waals surface area contributed by atoms with E-state index < -0.39 is 0 Å². The van der Waals surface area contributed by atoms with E-state index in [0.717, 1.165) is 11.0 Å². The van der Waals surface area contributed by atoms with Crippen molar-refractivity contribution in [3.63, 3.8) is 0 Å². The molecule has 2 aromatic rings. The molecule has 1 aromatic carbocycles. The van der Waals surface area contributed by atoms with Crippen LogP contribution >= 0.6 is 28.1 Å². The minimum atomic E-state index is -0.287. The molecule has 0 amide bonds. The Morgan fingerprint density at radius 3 is 2.94 bits per heavy atom. The standard InChI is InChI=1S/C12H14BrFN2OS/c1-7(6-17-2)5-16-11-4-9(14)8(13)3-10(11)15-12(16)18/h3-4,7H,5-6H2,1-2H3,(H,15,18). The van der Waals surface area contributed by atoms with Gasteiger partial charge < -0.3 is 14.3 Å². The minimum Gasteiger partial charge on any atom is -0.384 e. The van der Waals surface area contributed by atoms with Crippen molar-refractivity contribution in [1.82, 2.24) is 9.55 Å². The normalized spacial score (nSPS) is 13.1. The van der Waals surface area contributed by atoms with Gasteiger partial charge in [0.2, 0.25) is 0 Å². The van der Waals surface area contributed by atoms with Crippen LogP contribution < -0.4 is 0 Å². The van der Waals surface area contributed by atoms with Crippen molar-refractivity contribution in [1.29, 1.82) is 0 Å². The highest BCUT2D eigenvalue weighted by Crippen LogP contribution is 2.23. The summed E-state index contributed by atoms with van der Waals surface area (Å²) in [7, 11) is 1.67. The maximum Gasteiger partial charge on any atom is 0.178 e. The Hall–Kier alpha value is -0.720. The maximum atomic E-state index is 13.6. The van der Waals surface area contributed by atoms with Crippen LogP contribution in [-0.2, 0) is 11.3 Å². The molecule has 98 valence electrons. The molecular formula is C12H14BrFN2OS. The Bertz CT molecular complexity index is 622. The maximum absolute atomic E-state index is 13.6. The van der Waals surface area contributed by atoms with E-state index in [-0.39, 0.29) is 5.82 Å². The lowest BCUT2D eigenvalue weighted by atomic mass is 10.2. The second kappa shape index (κ2) is 5.50. The van der Waals surface area contributed by atoms with Gasteiger partial charge in [-0.05, 0) is 40.1 Å². The number of ether oxygens (including phenoxy) is 1. The summed E-state index contributed by atoms with van der Waals surface area (Å²) in [4.78, 5) is 3.08. The van der Waals surface area contributed by atoms with Crippen LogP contribution in [0.25, 0.3) is 11.0 Å². The molecule has 0 radical (unpaired) electrons. The fraction of sp³-hybridized carbons (Fsp3) is 0.417. The number of aromatic nitrogens is 2. The van der Waals surface area contributed by atoms with Crippen molar-refractivity contribution >= 4 is 39.2 Å². The number of hydrogen-bond acceptors (Lipinski definition) is 2. The van der Waals surface area contributed by atoms with Crippen LogP contribution in [0.4, 0.5) is 4.39 Å². The third-order valence-electron chi connectivity index (χ3n) is 2.76. The van der Waals surface area contributed by atoms with Gasteiger partial charge in [-0.15, -0.1) is 0 Å². The van der Waals surface area contributed by atoms with Gasteiger partial charge in [0.25, 0.3) is 0 Å². The van der Waals surface area contributed by atoms with Gasteiger partial charge in [0.15, 0.2) is 4.77 Å². The number of imidazole rings is 1. The van der Waals surface area contributed by atoms with Crippen LogP contribution in [0.1, 0.15) is 6.92 Å². The largest absolute Gasteiger partial charge is 0.384 e. The predicted octanol–water partition coefficient (Wildman–Crippen LogP) is 3.88. The monoisotopic (exact) mass is 332 g/mol. The highest BCUT2D eigenvalue weighted by Gasteiger charge is 2.11. The smallest absolute Gasteiger partial charge is 0.178 e. The van der Waals surface area contributed by atoms with Crippen LogP contribution in [0.3, 0.4) is 0 Å². The number of methoxy groups -OCH3 is 1. The first-order valence-electron chi connectivity index (χ1n) is 5.59. The molecule has 0 saturated heterocycles. The number of benzene rings is 1. The Morgan fingerprint density at radius 1 is 1.56 bits per heavy atom. The number of H-pyrrole nitrogens is 1. The average Bonchev–Trinajstić information content (AvgIpc) is 2.57. The zero-order valence-corrected chi connectivity index (χ0v) is 12.6. The summed E-state index contributed by atoms with van der Waals surface area (Å²) in [5.74, 6) is 0.0250. The molecule has 1 unspecified atom stereocenters. The van der Waals surface area contributed by atoms with Crippen molar-refractivity contribution in [2.24, 2.45) is 5.92 Å². The zero-order chi connectivity index (χ0) is 13.3. The first kappa shape index (κ1) is 13.7. The number of hydrogen-bond donors (Lipinski definition) is 1. The molecule has 1 N–H and O–H groups in total. The van der Waals surface area contributed by atoms with Crippen molar-refractivity contribution in [3.05, 3.63) is 27.2 Å². The summed E-state index contributed by atoms with van der Waals surface area (Å²) in [5.41, 5.74) is 1.61. The molecule has 0 bridgehead atoms. The molecule has 0 fully saturated rings. The lowest BCUT2D eigenvalue weighted by Crippen LogP contribution is -2.12. The summed E-state index contributed by atoms with van der Waals surface area (Å²) < 4.78 is 21.6. The second-order valence-electron chi connectivity index (χ2n) is 4.38. The molecule has 0 aliphatic rings. The molecule has 1 heterocycles. The highest BCUT2D eigenvalue weighted by molar-refractivity contribution is 9.10. The van der Waals surface area contributed by atoms with Gasteiger partial charge in [-0.1, -0.05) is 6.92 Å². The zero-order valence-electron chi connectivity index (χ0n) is 10.2. The van der Waals surface area contributed by atoms with Crippen LogP contribution in [-0.4, -0.2) is 23.3 Å². The quantitative estimate of drug-likeness (QED) is 0.861. The third-order valence-corrected chi connectivity index (χ3v) is 3.69. The molecule has 0 spiro atoms. The van der Waals surface area contributed by atoms with E-state index in [4.69, 9.17) is 17.0 Å².